The maximum atomic E-state index is 13.3. The Morgan fingerprint density at radius 3 is 2.67 bits per heavy atom. The van der Waals surface area contributed by atoms with Gasteiger partial charge >= 0.3 is 0 Å². The highest BCUT2D eigenvalue weighted by atomic mass is 32.2. The van der Waals surface area contributed by atoms with E-state index in [0.717, 1.165) is 66.3 Å². The van der Waals surface area contributed by atoms with Gasteiger partial charge in [0, 0.05) is 63.3 Å². The number of thiazole rings is 1. The summed E-state index contributed by atoms with van der Waals surface area (Å²) < 4.78 is 30.0. The molecule has 2 fully saturated rings. The van der Waals surface area contributed by atoms with Crippen molar-refractivity contribution < 1.29 is 13.2 Å². The fourth-order valence-corrected chi connectivity index (χ4v) is 8.49. The van der Waals surface area contributed by atoms with E-state index in [1.165, 1.54) is 29.1 Å². The first-order valence-electron chi connectivity index (χ1n) is 13.6. The summed E-state index contributed by atoms with van der Waals surface area (Å²) in [7, 11) is -0.0984. The summed E-state index contributed by atoms with van der Waals surface area (Å²) in [6.07, 6.45) is 5.12. The third-order valence-corrected chi connectivity index (χ3v) is 11.5. The number of aromatic nitrogens is 2. The summed E-state index contributed by atoms with van der Waals surface area (Å²) in [6, 6.07) is 9.62. The molecule has 1 aliphatic heterocycles. The van der Waals surface area contributed by atoms with E-state index in [2.05, 4.69) is 24.5 Å². The van der Waals surface area contributed by atoms with Crippen molar-refractivity contribution in [1.29, 1.82) is 0 Å². The minimum absolute atomic E-state index is 0.139. The van der Waals surface area contributed by atoms with Crippen molar-refractivity contribution in [3.63, 3.8) is 0 Å². The van der Waals surface area contributed by atoms with E-state index < -0.39 is 10.0 Å². The number of nitrogens with one attached hydrogen (secondary N) is 2. The highest BCUT2D eigenvalue weighted by Crippen LogP contribution is 2.37. The first-order chi connectivity index (χ1) is 19.2. The van der Waals surface area contributed by atoms with Gasteiger partial charge in [-0.1, -0.05) is 12.1 Å². The quantitative estimate of drug-likeness (QED) is 0.282. The van der Waals surface area contributed by atoms with Crippen LogP contribution in [0.3, 0.4) is 0 Å². The Bertz CT molecular complexity index is 1610. The van der Waals surface area contributed by atoms with Crippen molar-refractivity contribution >= 4 is 55.2 Å². The van der Waals surface area contributed by atoms with E-state index >= 15 is 0 Å². The number of thiophene rings is 1. The minimum Gasteiger partial charge on any atom is -0.351 e. The number of amides is 1. The van der Waals surface area contributed by atoms with Crippen LogP contribution in [0.2, 0.25) is 0 Å². The summed E-state index contributed by atoms with van der Waals surface area (Å²) in [4.78, 5) is 27.5. The molecule has 1 saturated heterocycles. The summed E-state index contributed by atoms with van der Waals surface area (Å²) >= 11 is 2.93. The molecule has 1 amide bonds. The van der Waals surface area contributed by atoms with Gasteiger partial charge in [0.2, 0.25) is 5.91 Å². The molecule has 2 aliphatic rings. The van der Waals surface area contributed by atoms with E-state index in [9.17, 15) is 13.2 Å². The summed E-state index contributed by atoms with van der Waals surface area (Å²) in [5.41, 5.74) is 3.08. The van der Waals surface area contributed by atoms with Gasteiger partial charge in [-0.05, 0) is 54.3 Å². The van der Waals surface area contributed by atoms with E-state index in [-0.39, 0.29) is 5.91 Å². The van der Waals surface area contributed by atoms with Crippen LogP contribution in [0.1, 0.15) is 23.3 Å². The standard InChI is InChI=1S/C28H34N6O3S3/c1-32(2)25(35)18-34-11-9-33(10-12-34)17-22-16-29-27(39-22)24-15-20-4-3-5-23(26(20)30-24)31-40(36,37)28-21(8-13-38-28)14-19-6-7-19/h3-5,8,13,15-16,19,30-31H,6-7,9-12,14,17-18H2,1-2H3. The number of benzene rings is 1. The molecule has 4 heterocycles. The summed E-state index contributed by atoms with van der Waals surface area (Å²) in [5.74, 6) is 0.754. The molecule has 2 N–H and O–H groups in total. The Morgan fingerprint density at radius 2 is 1.93 bits per heavy atom. The van der Waals surface area contributed by atoms with Gasteiger partial charge in [-0.3, -0.25) is 19.3 Å². The second kappa shape index (κ2) is 11.2. The molecule has 4 aromatic rings. The largest absolute Gasteiger partial charge is 0.351 e. The van der Waals surface area contributed by atoms with Crippen molar-refractivity contribution in [2.75, 3.05) is 51.5 Å². The third kappa shape index (κ3) is 6.10. The van der Waals surface area contributed by atoms with E-state index in [1.54, 1.807) is 36.4 Å². The number of para-hydroxylation sites is 1. The summed E-state index contributed by atoms with van der Waals surface area (Å²) in [5, 5.41) is 3.67. The number of fused-ring (bicyclic) bond motifs is 1. The average Bonchev–Trinajstić information content (AvgIpc) is 3.29. The maximum absolute atomic E-state index is 13.3. The average molecular weight is 599 g/mol. The third-order valence-electron chi connectivity index (χ3n) is 7.54. The molecular formula is C28H34N6O3S3. The van der Waals surface area contributed by atoms with E-state index in [1.807, 2.05) is 35.8 Å². The normalized spacial score (nSPS) is 16.9. The highest BCUT2D eigenvalue weighted by Gasteiger charge is 2.28. The van der Waals surface area contributed by atoms with Crippen LogP contribution in [0, 0.1) is 5.92 Å². The molecule has 3 aromatic heterocycles. The van der Waals surface area contributed by atoms with Crippen LogP contribution < -0.4 is 4.72 Å². The number of nitrogens with zero attached hydrogens (tertiary/aromatic N) is 4. The topological polar surface area (TPSA) is 102 Å². The van der Waals surface area contributed by atoms with Gasteiger partial charge in [0.1, 0.15) is 9.22 Å². The van der Waals surface area contributed by atoms with E-state index in [4.69, 9.17) is 0 Å². The fraction of sp³-hybridized carbons (Fsp3) is 0.429. The number of hydrogen-bond donors (Lipinski definition) is 2. The lowest BCUT2D eigenvalue weighted by Gasteiger charge is -2.34. The molecule has 9 nitrogen and oxygen atoms in total. The van der Waals surface area contributed by atoms with Crippen molar-refractivity contribution in [3.8, 4) is 10.7 Å². The number of anilines is 1. The van der Waals surface area contributed by atoms with Gasteiger partial charge in [0.05, 0.1) is 23.4 Å². The number of hydrogen-bond acceptors (Lipinski definition) is 8. The van der Waals surface area contributed by atoms with Crippen molar-refractivity contribution in [1.82, 2.24) is 24.7 Å². The molecule has 40 heavy (non-hydrogen) atoms. The molecule has 1 aliphatic carbocycles. The Hall–Kier alpha value is -2.77. The van der Waals surface area contributed by atoms with Crippen molar-refractivity contribution in [2.24, 2.45) is 5.92 Å². The SMILES string of the molecule is CN(C)C(=O)CN1CCN(Cc2cnc(-c3cc4cccc(NS(=O)(=O)c5sccc5CC5CC5)c4[nH]3)s2)CC1. The second-order valence-electron chi connectivity index (χ2n) is 10.9. The second-order valence-corrected chi connectivity index (χ2v) is 14.8. The first-order valence-corrected chi connectivity index (χ1v) is 16.7. The van der Waals surface area contributed by atoms with Crippen LogP contribution in [0.15, 0.2) is 46.1 Å². The van der Waals surface area contributed by atoms with Gasteiger partial charge in [-0.2, -0.15) is 0 Å². The van der Waals surface area contributed by atoms with Crippen molar-refractivity contribution in [3.05, 3.63) is 52.3 Å². The number of aromatic amines is 1. The first kappa shape index (κ1) is 27.4. The minimum atomic E-state index is -3.69. The Kier molecular flexibility index (Phi) is 7.71. The van der Waals surface area contributed by atoms with Crippen LogP contribution in [-0.2, 0) is 27.8 Å². The number of rotatable bonds is 10. The number of sulfonamides is 1. The number of H-pyrrole nitrogens is 1. The smallest absolute Gasteiger partial charge is 0.271 e. The van der Waals surface area contributed by atoms with Gasteiger partial charge in [0.15, 0.2) is 0 Å². The van der Waals surface area contributed by atoms with Crippen LogP contribution in [-0.4, -0.2) is 85.8 Å². The molecule has 0 unspecified atom stereocenters. The van der Waals surface area contributed by atoms with Gasteiger partial charge in [-0.25, -0.2) is 13.4 Å². The molecule has 12 heteroatoms. The fourth-order valence-electron chi connectivity index (χ4n) is 5.05. The summed E-state index contributed by atoms with van der Waals surface area (Å²) in [6.45, 7) is 4.87. The van der Waals surface area contributed by atoms with Crippen LogP contribution >= 0.6 is 22.7 Å². The van der Waals surface area contributed by atoms with Crippen LogP contribution in [0.25, 0.3) is 21.6 Å². The molecule has 6 rings (SSSR count). The van der Waals surface area contributed by atoms with Crippen LogP contribution in [0.5, 0.6) is 0 Å². The predicted molar refractivity (Wildman–Crippen MR) is 161 cm³/mol. The lowest BCUT2D eigenvalue weighted by molar-refractivity contribution is -0.130. The lowest BCUT2D eigenvalue weighted by atomic mass is 10.2. The molecule has 0 radical (unpaired) electrons. The lowest BCUT2D eigenvalue weighted by Crippen LogP contribution is -2.48. The van der Waals surface area contributed by atoms with Crippen LogP contribution in [0.4, 0.5) is 5.69 Å². The molecule has 0 atom stereocenters. The number of carbonyl (C=O) groups is 1. The highest BCUT2D eigenvalue weighted by molar-refractivity contribution is 7.94. The Labute approximate surface area is 242 Å². The molecule has 0 spiro atoms. The van der Waals surface area contributed by atoms with E-state index in [0.29, 0.717) is 22.4 Å². The maximum Gasteiger partial charge on any atom is 0.271 e. The predicted octanol–water partition coefficient (Wildman–Crippen LogP) is 4.31. The number of piperazine rings is 1. The zero-order valence-electron chi connectivity index (χ0n) is 22.7. The molecule has 212 valence electrons. The molecule has 1 saturated carbocycles. The van der Waals surface area contributed by atoms with Gasteiger partial charge in [0.25, 0.3) is 10.0 Å². The molecule has 0 bridgehead atoms. The molecule has 1 aromatic carbocycles. The zero-order chi connectivity index (χ0) is 27.9. The Balaban J connectivity index is 1.13. The zero-order valence-corrected chi connectivity index (χ0v) is 25.2. The number of carbonyl (C=O) groups excluding carboxylic acids is 1. The Morgan fingerprint density at radius 1 is 1.15 bits per heavy atom. The van der Waals surface area contributed by atoms with Gasteiger partial charge in [-0.15, -0.1) is 22.7 Å². The molecular weight excluding hydrogens is 565 g/mol. The number of likely N-dealkylation sites (N-methyl/N-ethyl adjacent to an activating group) is 1. The van der Waals surface area contributed by atoms with Crippen molar-refractivity contribution in [2.45, 2.75) is 30.0 Å². The van der Waals surface area contributed by atoms with Gasteiger partial charge < -0.3 is 9.88 Å². The monoisotopic (exact) mass is 598 g/mol.